The molecular formula is C15H17F2NOS. The zero-order valence-corrected chi connectivity index (χ0v) is 12.3. The largest absolute Gasteiger partial charge is 0.496 e. The van der Waals surface area contributed by atoms with Crippen molar-refractivity contribution in [1.82, 2.24) is 5.32 Å². The maximum Gasteiger partial charge on any atom is 0.163 e. The Hall–Kier alpha value is -1.46. The molecule has 108 valence electrons. The van der Waals surface area contributed by atoms with Gasteiger partial charge in [-0.1, -0.05) is 19.1 Å². The van der Waals surface area contributed by atoms with Crippen molar-refractivity contribution in [3.05, 3.63) is 51.7 Å². The van der Waals surface area contributed by atoms with E-state index in [1.165, 1.54) is 17.4 Å². The summed E-state index contributed by atoms with van der Waals surface area (Å²) >= 11 is 1.47. The lowest BCUT2D eigenvalue weighted by Crippen LogP contribution is -2.23. The molecule has 5 heteroatoms. The molecule has 2 nitrogen and oxygen atoms in total. The number of ether oxygens (including phenoxy) is 1. The van der Waals surface area contributed by atoms with Crippen molar-refractivity contribution in [1.29, 1.82) is 0 Å². The highest BCUT2D eigenvalue weighted by atomic mass is 32.1. The van der Waals surface area contributed by atoms with E-state index in [1.807, 2.05) is 18.4 Å². The first-order chi connectivity index (χ1) is 9.67. The molecule has 1 unspecified atom stereocenters. The lowest BCUT2D eigenvalue weighted by Gasteiger charge is -2.18. The van der Waals surface area contributed by atoms with Gasteiger partial charge < -0.3 is 10.1 Å². The number of nitrogens with one attached hydrogen (secondary N) is 1. The Morgan fingerprint density at radius 3 is 2.80 bits per heavy atom. The molecule has 1 N–H and O–H groups in total. The van der Waals surface area contributed by atoms with Crippen LogP contribution in [0, 0.1) is 11.6 Å². The van der Waals surface area contributed by atoms with Crippen LogP contribution in [-0.4, -0.2) is 13.7 Å². The van der Waals surface area contributed by atoms with Gasteiger partial charge in [-0.3, -0.25) is 0 Å². The lowest BCUT2D eigenvalue weighted by molar-refractivity contribution is 0.416. The normalized spacial score (nSPS) is 12.4. The van der Waals surface area contributed by atoms with Crippen molar-refractivity contribution in [3.8, 4) is 5.75 Å². The average molecular weight is 297 g/mol. The first-order valence-electron chi connectivity index (χ1n) is 6.47. The Balaban J connectivity index is 2.38. The minimum Gasteiger partial charge on any atom is -0.496 e. The summed E-state index contributed by atoms with van der Waals surface area (Å²) in [4.78, 5) is 0.903. The smallest absolute Gasteiger partial charge is 0.163 e. The fraction of sp³-hybridized carbons (Fsp3) is 0.333. The molecule has 1 aromatic carbocycles. The SMILES string of the molecule is CCCNC(c1cc(OC)cs1)c1cccc(F)c1F. The molecule has 0 fully saturated rings. The fourth-order valence-corrected chi connectivity index (χ4v) is 2.94. The van der Waals surface area contributed by atoms with E-state index in [1.54, 1.807) is 13.2 Å². The number of hydrogen-bond donors (Lipinski definition) is 1. The quantitative estimate of drug-likeness (QED) is 0.866. The van der Waals surface area contributed by atoms with E-state index in [-0.39, 0.29) is 6.04 Å². The third-order valence-electron chi connectivity index (χ3n) is 3.01. The van der Waals surface area contributed by atoms with Crippen LogP contribution in [0.2, 0.25) is 0 Å². The third-order valence-corrected chi connectivity index (χ3v) is 3.98. The van der Waals surface area contributed by atoms with Crippen molar-refractivity contribution >= 4 is 11.3 Å². The number of hydrogen-bond acceptors (Lipinski definition) is 3. The molecule has 20 heavy (non-hydrogen) atoms. The third kappa shape index (κ3) is 3.16. The van der Waals surface area contributed by atoms with Gasteiger partial charge in [0.2, 0.25) is 0 Å². The van der Waals surface area contributed by atoms with Gasteiger partial charge in [-0.2, -0.15) is 0 Å². The van der Waals surface area contributed by atoms with Crippen LogP contribution in [0.1, 0.15) is 29.8 Å². The molecule has 0 saturated heterocycles. The van der Waals surface area contributed by atoms with E-state index in [0.29, 0.717) is 5.56 Å². The van der Waals surface area contributed by atoms with Gasteiger partial charge in [0.15, 0.2) is 11.6 Å². The Labute approximate surface area is 121 Å². The van der Waals surface area contributed by atoms with E-state index in [2.05, 4.69) is 5.32 Å². The first kappa shape index (κ1) is 14.9. The summed E-state index contributed by atoms with van der Waals surface area (Å²) in [5, 5.41) is 5.11. The Bertz CT molecular complexity index is 571. The van der Waals surface area contributed by atoms with Gasteiger partial charge in [-0.25, -0.2) is 8.78 Å². The van der Waals surface area contributed by atoms with Crippen LogP contribution in [0.4, 0.5) is 8.78 Å². The van der Waals surface area contributed by atoms with Crippen LogP contribution in [0.25, 0.3) is 0 Å². The molecule has 0 aliphatic carbocycles. The van der Waals surface area contributed by atoms with Gasteiger partial charge in [0.25, 0.3) is 0 Å². The van der Waals surface area contributed by atoms with E-state index in [9.17, 15) is 8.78 Å². The summed E-state index contributed by atoms with van der Waals surface area (Å²) in [7, 11) is 1.59. The second-order valence-corrected chi connectivity index (χ2v) is 5.36. The molecule has 0 bridgehead atoms. The van der Waals surface area contributed by atoms with E-state index >= 15 is 0 Å². The van der Waals surface area contributed by atoms with Crippen LogP contribution in [0.3, 0.4) is 0 Å². The predicted octanol–water partition coefficient (Wildman–Crippen LogP) is 4.12. The van der Waals surface area contributed by atoms with Crippen molar-refractivity contribution in [3.63, 3.8) is 0 Å². The minimum absolute atomic E-state index is 0.322. The first-order valence-corrected chi connectivity index (χ1v) is 7.35. The molecule has 0 amide bonds. The van der Waals surface area contributed by atoms with Gasteiger partial charge in [0.1, 0.15) is 5.75 Å². The van der Waals surface area contributed by atoms with Crippen LogP contribution in [0.5, 0.6) is 5.75 Å². The van der Waals surface area contributed by atoms with Gasteiger partial charge in [-0.05, 0) is 25.1 Å². The molecule has 0 radical (unpaired) electrons. The standard InChI is InChI=1S/C15H17F2NOS/c1-3-7-18-15(13-8-10(19-2)9-20-13)11-5-4-6-12(16)14(11)17/h4-6,8-9,15,18H,3,7H2,1-2H3. The van der Waals surface area contributed by atoms with Crippen molar-refractivity contribution < 1.29 is 13.5 Å². The number of thiophene rings is 1. The second kappa shape index (κ2) is 6.81. The molecule has 2 aromatic rings. The molecular weight excluding hydrogens is 280 g/mol. The fourth-order valence-electron chi connectivity index (χ4n) is 1.99. The maximum atomic E-state index is 14.0. The van der Waals surface area contributed by atoms with Crippen LogP contribution in [0.15, 0.2) is 29.6 Å². The molecule has 0 spiro atoms. The van der Waals surface area contributed by atoms with Crippen molar-refractivity contribution in [2.45, 2.75) is 19.4 Å². The Kier molecular flexibility index (Phi) is 5.09. The number of rotatable bonds is 6. The molecule has 1 heterocycles. The highest BCUT2D eigenvalue weighted by Crippen LogP contribution is 2.32. The summed E-state index contributed by atoms with van der Waals surface area (Å²) in [6.45, 7) is 2.75. The molecule has 0 aliphatic rings. The number of halogens is 2. The molecule has 2 rings (SSSR count). The summed E-state index contributed by atoms with van der Waals surface area (Å²) in [6, 6.07) is 5.75. The Morgan fingerprint density at radius 1 is 1.35 bits per heavy atom. The lowest BCUT2D eigenvalue weighted by atomic mass is 10.0. The van der Waals surface area contributed by atoms with E-state index in [4.69, 9.17) is 4.74 Å². The number of benzene rings is 1. The predicted molar refractivity (Wildman–Crippen MR) is 77.4 cm³/mol. The zero-order valence-electron chi connectivity index (χ0n) is 11.5. The Morgan fingerprint density at radius 2 is 2.15 bits per heavy atom. The summed E-state index contributed by atoms with van der Waals surface area (Å²) in [5.74, 6) is -0.895. The molecule has 0 saturated carbocycles. The van der Waals surface area contributed by atoms with Crippen molar-refractivity contribution in [2.24, 2.45) is 0 Å². The van der Waals surface area contributed by atoms with Crippen molar-refractivity contribution in [2.75, 3.05) is 13.7 Å². The monoisotopic (exact) mass is 297 g/mol. The molecule has 1 atom stereocenters. The summed E-state index contributed by atoms with van der Waals surface area (Å²) < 4.78 is 32.6. The van der Waals surface area contributed by atoms with E-state index in [0.717, 1.165) is 29.7 Å². The average Bonchev–Trinajstić information content (AvgIpc) is 2.92. The zero-order chi connectivity index (χ0) is 14.5. The number of methoxy groups -OCH3 is 1. The second-order valence-electron chi connectivity index (χ2n) is 4.42. The summed E-state index contributed by atoms with van der Waals surface area (Å²) in [5.41, 5.74) is 0.322. The van der Waals surface area contributed by atoms with Crippen LogP contribution < -0.4 is 10.1 Å². The highest BCUT2D eigenvalue weighted by molar-refractivity contribution is 7.10. The van der Waals surface area contributed by atoms with Gasteiger partial charge >= 0.3 is 0 Å². The van der Waals surface area contributed by atoms with E-state index < -0.39 is 11.6 Å². The molecule has 0 aliphatic heterocycles. The highest BCUT2D eigenvalue weighted by Gasteiger charge is 2.21. The van der Waals surface area contributed by atoms with Gasteiger partial charge in [-0.15, -0.1) is 11.3 Å². The maximum absolute atomic E-state index is 14.0. The minimum atomic E-state index is -0.825. The summed E-state index contributed by atoms with van der Waals surface area (Å²) in [6.07, 6.45) is 0.913. The topological polar surface area (TPSA) is 21.3 Å². The van der Waals surface area contributed by atoms with Gasteiger partial charge in [0.05, 0.1) is 13.2 Å². The van der Waals surface area contributed by atoms with Crippen LogP contribution >= 0.6 is 11.3 Å². The van der Waals surface area contributed by atoms with Gasteiger partial charge in [0, 0.05) is 15.8 Å². The van der Waals surface area contributed by atoms with Crippen LogP contribution in [-0.2, 0) is 0 Å². The molecule has 1 aromatic heterocycles.